The first-order valence-corrected chi connectivity index (χ1v) is 8.41. The van der Waals surface area contributed by atoms with E-state index in [0.29, 0.717) is 24.5 Å². The maximum Gasteiger partial charge on any atom is 0.423 e. The Labute approximate surface area is 150 Å². The molecule has 0 amide bonds. The highest BCUT2D eigenvalue weighted by Crippen LogP contribution is 2.37. The number of ether oxygens (including phenoxy) is 2. The first-order valence-electron chi connectivity index (χ1n) is 8.41. The second-order valence-electron chi connectivity index (χ2n) is 5.61. The molecule has 0 saturated heterocycles. The molecule has 1 heterocycles. The van der Waals surface area contributed by atoms with Crippen molar-refractivity contribution in [2.45, 2.75) is 32.9 Å². The molecule has 0 saturated carbocycles. The lowest BCUT2D eigenvalue weighted by Crippen LogP contribution is -2.18. The van der Waals surface area contributed by atoms with Crippen LogP contribution in [0.1, 0.15) is 32.3 Å². The molecule has 2 rings (SSSR count). The van der Waals surface area contributed by atoms with Crippen molar-refractivity contribution in [2.24, 2.45) is 0 Å². The number of benzene rings is 1. The van der Waals surface area contributed by atoms with Gasteiger partial charge in [-0.2, -0.15) is 18.2 Å². The molecule has 0 fully saturated rings. The van der Waals surface area contributed by atoms with E-state index in [1.165, 1.54) is 0 Å². The van der Waals surface area contributed by atoms with Gasteiger partial charge in [-0.15, -0.1) is 0 Å². The summed E-state index contributed by atoms with van der Waals surface area (Å²) in [5.74, 6) is 0.233. The van der Waals surface area contributed by atoms with Gasteiger partial charge in [0, 0.05) is 13.2 Å². The van der Waals surface area contributed by atoms with Gasteiger partial charge in [-0.3, -0.25) is 0 Å². The molecule has 0 spiro atoms. The van der Waals surface area contributed by atoms with Crippen LogP contribution in [0.2, 0.25) is 0 Å². The van der Waals surface area contributed by atoms with E-state index < -0.39 is 17.6 Å². The Morgan fingerprint density at radius 3 is 2.35 bits per heavy atom. The predicted octanol–water partition coefficient (Wildman–Crippen LogP) is 4.84. The van der Waals surface area contributed by atoms with Gasteiger partial charge in [0.15, 0.2) is 0 Å². The summed E-state index contributed by atoms with van der Waals surface area (Å²) in [4.78, 5) is 9.44. The monoisotopic (exact) mass is 369 g/mol. The molecule has 8 heteroatoms. The number of aromatic nitrogens is 2. The number of rotatable bonds is 8. The summed E-state index contributed by atoms with van der Waals surface area (Å²) in [6.07, 6.45) is -2.42. The Hall–Kier alpha value is -2.51. The number of halogens is 3. The average Bonchev–Trinajstić information content (AvgIpc) is 2.63. The van der Waals surface area contributed by atoms with Crippen LogP contribution in [0.4, 0.5) is 24.8 Å². The fourth-order valence-electron chi connectivity index (χ4n) is 2.20. The van der Waals surface area contributed by atoms with Crippen LogP contribution >= 0.6 is 0 Å². The standard InChI is InChI=1S/C18H22F3N3O2/c1-4-10-25-15-9-7-6-8-14(15)24(3)17-22-12-13(18(19,20)21)16(23-17)26-11-5-2/h6-9,12H,4-5,10-11H2,1-3H3. The third-order valence-corrected chi connectivity index (χ3v) is 3.48. The third-order valence-electron chi connectivity index (χ3n) is 3.48. The molecule has 0 N–H and O–H groups in total. The summed E-state index contributed by atoms with van der Waals surface area (Å²) in [6.45, 7) is 4.47. The van der Waals surface area contributed by atoms with Crippen molar-refractivity contribution in [3.63, 3.8) is 0 Å². The quantitative estimate of drug-likeness (QED) is 0.666. The number of para-hydroxylation sites is 2. The van der Waals surface area contributed by atoms with E-state index in [0.717, 1.165) is 12.6 Å². The first-order chi connectivity index (χ1) is 12.4. The Morgan fingerprint density at radius 1 is 1.04 bits per heavy atom. The Bertz CT molecular complexity index is 723. The largest absolute Gasteiger partial charge is 0.491 e. The molecule has 2 aromatic rings. The minimum Gasteiger partial charge on any atom is -0.491 e. The van der Waals surface area contributed by atoms with E-state index in [2.05, 4.69) is 9.97 Å². The molecule has 0 aliphatic carbocycles. The summed E-state index contributed by atoms with van der Waals surface area (Å²) in [6, 6.07) is 7.22. The molecule has 0 bridgehead atoms. The van der Waals surface area contributed by atoms with Crippen LogP contribution in [0.25, 0.3) is 0 Å². The second-order valence-corrected chi connectivity index (χ2v) is 5.61. The lowest BCUT2D eigenvalue weighted by Gasteiger charge is -2.22. The van der Waals surface area contributed by atoms with Crippen molar-refractivity contribution in [1.29, 1.82) is 0 Å². The van der Waals surface area contributed by atoms with Crippen LogP contribution in [0.3, 0.4) is 0 Å². The SMILES string of the molecule is CCCOc1ccccc1N(C)c1ncc(C(F)(F)F)c(OCCC)n1. The van der Waals surface area contributed by atoms with Crippen LogP contribution < -0.4 is 14.4 Å². The van der Waals surface area contributed by atoms with Crippen molar-refractivity contribution in [1.82, 2.24) is 9.97 Å². The summed E-state index contributed by atoms with van der Waals surface area (Å²) in [5, 5.41) is 0. The molecule has 5 nitrogen and oxygen atoms in total. The zero-order valence-electron chi connectivity index (χ0n) is 15.0. The minimum absolute atomic E-state index is 0.0941. The Balaban J connectivity index is 2.39. The predicted molar refractivity (Wildman–Crippen MR) is 93.1 cm³/mol. The van der Waals surface area contributed by atoms with Crippen molar-refractivity contribution in [2.75, 3.05) is 25.2 Å². The minimum atomic E-state index is -4.58. The number of hydrogen-bond acceptors (Lipinski definition) is 5. The normalized spacial score (nSPS) is 11.3. The van der Waals surface area contributed by atoms with Gasteiger partial charge >= 0.3 is 6.18 Å². The van der Waals surface area contributed by atoms with Crippen LogP contribution in [0.15, 0.2) is 30.5 Å². The van der Waals surface area contributed by atoms with Crippen molar-refractivity contribution in [3.8, 4) is 11.6 Å². The summed E-state index contributed by atoms with van der Waals surface area (Å²) in [5.41, 5.74) is -0.333. The number of hydrogen-bond donors (Lipinski definition) is 0. The average molecular weight is 369 g/mol. The zero-order valence-corrected chi connectivity index (χ0v) is 15.0. The van der Waals surface area contributed by atoms with Gasteiger partial charge in [0.2, 0.25) is 11.8 Å². The maximum atomic E-state index is 13.1. The lowest BCUT2D eigenvalue weighted by molar-refractivity contribution is -0.139. The lowest BCUT2D eigenvalue weighted by atomic mass is 10.2. The van der Waals surface area contributed by atoms with Gasteiger partial charge < -0.3 is 14.4 Å². The fraction of sp³-hybridized carbons (Fsp3) is 0.444. The van der Waals surface area contributed by atoms with E-state index in [9.17, 15) is 13.2 Å². The number of anilines is 2. The number of alkyl halides is 3. The molecule has 0 aliphatic rings. The van der Waals surface area contributed by atoms with E-state index >= 15 is 0 Å². The van der Waals surface area contributed by atoms with Gasteiger partial charge in [0.1, 0.15) is 11.3 Å². The molecule has 142 valence electrons. The summed E-state index contributed by atoms with van der Waals surface area (Å²) >= 11 is 0. The maximum absolute atomic E-state index is 13.1. The molecular formula is C18H22F3N3O2. The second kappa shape index (κ2) is 8.73. The molecule has 0 radical (unpaired) electrons. The highest BCUT2D eigenvalue weighted by molar-refractivity contribution is 5.65. The molecule has 0 unspecified atom stereocenters. The third kappa shape index (κ3) is 4.77. The van der Waals surface area contributed by atoms with Crippen molar-refractivity contribution >= 4 is 11.6 Å². The van der Waals surface area contributed by atoms with E-state index in [4.69, 9.17) is 9.47 Å². The fourth-order valence-corrected chi connectivity index (χ4v) is 2.20. The van der Waals surface area contributed by atoms with Crippen LogP contribution in [-0.4, -0.2) is 30.2 Å². The highest BCUT2D eigenvalue weighted by atomic mass is 19.4. The summed E-state index contributed by atoms with van der Waals surface area (Å²) in [7, 11) is 1.67. The Morgan fingerprint density at radius 2 is 1.69 bits per heavy atom. The van der Waals surface area contributed by atoms with Gasteiger partial charge in [-0.05, 0) is 25.0 Å². The highest BCUT2D eigenvalue weighted by Gasteiger charge is 2.36. The topological polar surface area (TPSA) is 47.5 Å². The summed E-state index contributed by atoms with van der Waals surface area (Å²) < 4.78 is 50.3. The van der Waals surface area contributed by atoms with Gasteiger partial charge in [0.25, 0.3) is 0 Å². The van der Waals surface area contributed by atoms with E-state index in [1.807, 2.05) is 26.0 Å². The van der Waals surface area contributed by atoms with Crippen LogP contribution in [0, 0.1) is 0 Å². The van der Waals surface area contributed by atoms with Gasteiger partial charge in [0.05, 0.1) is 18.9 Å². The molecule has 0 aliphatic heterocycles. The molecule has 26 heavy (non-hydrogen) atoms. The van der Waals surface area contributed by atoms with E-state index in [1.54, 1.807) is 24.1 Å². The smallest absolute Gasteiger partial charge is 0.423 e. The molecule has 1 aromatic heterocycles. The van der Waals surface area contributed by atoms with Crippen LogP contribution in [0.5, 0.6) is 11.6 Å². The molecule has 0 atom stereocenters. The van der Waals surface area contributed by atoms with Gasteiger partial charge in [-0.25, -0.2) is 4.98 Å². The van der Waals surface area contributed by atoms with E-state index in [-0.39, 0.29) is 12.6 Å². The van der Waals surface area contributed by atoms with Crippen LogP contribution in [-0.2, 0) is 6.18 Å². The first kappa shape index (κ1) is 19.8. The zero-order chi connectivity index (χ0) is 19.2. The van der Waals surface area contributed by atoms with Crippen molar-refractivity contribution < 1.29 is 22.6 Å². The molecular weight excluding hydrogens is 347 g/mol. The Kier molecular flexibility index (Phi) is 6.65. The van der Waals surface area contributed by atoms with Crippen molar-refractivity contribution in [3.05, 3.63) is 36.0 Å². The molecule has 1 aromatic carbocycles. The van der Waals surface area contributed by atoms with Gasteiger partial charge in [-0.1, -0.05) is 26.0 Å². The number of nitrogens with zero attached hydrogens (tertiary/aromatic N) is 3.